The maximum absolute atomic E-state index is 7.20. The van der Waals surface area contributed by atoms with Crippen LogP contribution in [0.15, 0.2) is 199 Å². The van der Waals surface area contributed by atoms with Crippen LogP contribution in [0.5, 0.6) is 23.0 Å². The quantitative estimate of drug-likeness (QED) is 0.142. The Morgan fingerprint density at radius 1 is 0.304 bits per heavy atom. The molecule has 12 aromatic carbocycles. The third kappa shape index (κ3) is 6.56. The van der Waals surface area contributed by atoms with E-state index in [1.807, 2.05) is 12.1 Å². The summed E-state index contributed by atoms with van der Waals surface area (Å²) in [6, 6.07) is 70.9. The first-order chi connectivity index (χ1) is 38.5. The fourth-order valence-electron chi connectivity index (χ4n) is 14.3. The molecule has 0 saturated heterocycles. The zero-order valence-electron chi connectivity index (χ0n) is 45.5. The van der Waals surface area contributed by atoms with E-state index >= 15 is 0 Å². The lowest BCUT2D eigenvalue weighted by molar-refractivity contribution is 0.394. The van der Waals surface area contributed by atoms with Crippen LogP contribution in [0.4, 0.5) is 0 Å². The molecule has 2 aliphatic rings. The van der Waals surface area contributed by atoms with E-state index in [-0.39, 0.29) is 0 Å². The molecule has 2 aliphatic carbocycles. The first-order valence-corrected chi connectivity index (χ1v) is 27.2. The summed E-state index contributed by atoms with van der Waals surface area (Å²) in [6.07, 6.45) is 0. The number of ether oxygens (including phenoxy) is 4. The molecule has 0 aliphatic heterocycles. The highest BCUT2D eigenvalue weighted by Gasteiger charge is 2.49. The van der Waals surface area contributed by atoms with Crippen LogP contribution in [0.2, 0.25) is 0 Å². The predicted octanol–water partition coefficient (Wildman–Crippen LogP) is 19.5. The standard InChI is InChI=1S/C74H56O5/c1-73(2)60-37-41(63-49-19-9-13-23-53(49)65(54-24-14-10-20-50(54)63)43-33-45(75-5)39-46(34-43)76-6)29-31-57(60)67-68-59-27-17-18-28-62(59)79-72(68)69-58-32-30-42(38-61(58)74(3,4)71(69)70(67)73)64-51-21-11-15-25-55(51)66(56-26-16-12-22-52(56)64)44-35-47(77-7)40-48(36-44)78-8/h9-40H,1-8H3. The summed E-state index contributed by atoms with van der Waals surface area (Å²) in [5.41, 5.74) is 20.6. The third-order valence-corrected chi connectivity index (χ3v) is 17.7. The van der Waals surface area contributed by atoms with Crippen molar-refractivity contribution in [1.82, 2.24) is 0 Å². The Kier molecular flexibility index (Phi) is 10.2. The Bertz CT molecular complexity index is 4620. The molecule has 15 rings (SSSR count). The number of furan rings is 1. The van der Waals surface area contributed by atoms with Gasteiger partial charge in [0, 0.05) is 39.3 Å². The second-order valence-electron chi connectivity index (χ2n) is 22.5. The van der Waals surface area contributed by atoms with Crippen molar-refractivity contribution in [2.45, 2.75) is 38.5 Å². The minimum absolute atomic E-state index is 0.396. The van der Waals surface area contributed by atoms with Crippen LogP contribution >= 0.6 is 0 Å². The SMILES string of the molecule is COc1cc(OC)cc(-c2c3ccccc3c(-c3ccc4c(c3)C(C)(C)c3c5c(c6c(oc7ccccc76)c3-4)-c3ccc(-c4c6ccccc6c(-c6cc(OC)cc(OC)c6)c6ccccc46)cc3C5(C)C)c3ccccc23)c1. The summed E-state index contributed by atoms with van der Waals surface area (Å²) < 4.78 is 30.5. The van der Waals surface area contributed by atoms with Crippen molar-refractivity contribution in [3.8, 4) is 89.8 Å². The van der Waals surface area contributed by atoms with Crippen LogP contribution < -0.4 is 18.9 Å². The van der Waals surface area contributed by atoms with Gasteiger partial charge in [0.1, 0.15) is 34.2 Å². The van der Waals surface area contributed by atoms with Gasteiger partial charge in [-0.15, -0.1) is 0 Å². The lowest BCUT2D eigenvalue weighted by atomic mass is 9.71. The molecule has 79 heavy (non-hydrogen) atoms. The lowest BCUT2D eigenvalue weighted by Crippen LogP contribution is -2.24. The first kappa shape index (κ1) is 46.9. The number of hydrogen-bond donors (Lipinski definition) is 0. The maximum Gasteiger partial charge on any atom is 0.144 e. The normalized spacial score (nSPS) is 13.8. The van der Waals surface area contributed by atoms with Gasteiger partial charge in [0.05, 0.1) is 28.4 Å². The van der Waals surface area contributed by atoms with Crippen molar-refractivity contribution in [3.63, 3.8) is 0 Å². The van der Waals surface area contributed by atoms with Crippen molar-refractivity contribution in [1.29, 1.82) is 0 Å². The Balaban J connectivity index is 0.947. The highest BCUT2D eigenvalue weighted by atomic mass is 16.5. The summed E-state index contributed by atoms with van der Waals surface area (Å²) in [6.45, 7) is 9.78. The predicted molar refractivity (Wildman–Crippen MR) is 327 cm³/mol. The lowest BCUT2D eigenvalue weighted by Gasteiger charge is -2.31. The van der Waals surface area contributed by atoms with E-state index in [0.29, 0.717) is 0 Å². The van der Waals surface area contributed by atoms with E-state index in [2.05, 4.69) is 210 Å². The number of methoxy groups -OCH3 is 4. The van der Waals surface area contributed by atoms with Gasteiger partial charge in [0.25, 0.3) is 0 Å². The maximum atomic E-state index is 7.20. The molecule has 0 radical (unpaired) electrons. The summed E-state index contributed by atoms with van der Waals surface area (Å²) in [5, 5.41) is 11.8. The second kappa shape index (κ2) is 17.1. The van der Waals surface area contributed by atoms with Crippen LogP contribution in [-0.2, 0) is 10.8 Å². The molecular weight excluding hydrogens is 969 g/mol. The summed E-state index contributed by atoms with van der Waals surface area (Å²) in [5.74, 6) is 3.02. The van der Waals surface area contributed by atoms with Crippen molar-refractivity contribution >= 4 is 65.0 Å². The third-order valence-electron chi connectivity index (χ3n) is 17.7. The van der Waals surface area contributed by atoms with Gasteiger partial charge in [-0.3, -0.25) is 0 Å². The Morgan fingerprint density at radius 2 is 0.620 bits per heavy atom. The van der Waals surface area contributed by atoms with E-state index in [1.54, 1.807) is 28.4 Å². The van der Waals surface area contributed by atoms with Gasteiger partial charge in [-0.05, 0) is 169 Å². The molecular formula is C74H56O5. The van der Waals surface area contributed by atoms with Crippen LogP contribution in [0, 0.1) is 0 Å². The summed E-state index contributed by atoms with van der Waals surface area (Å²) in [7, 11) is 6.84. The highest BCUT2D eigenvalue weighted by molar-refractivity contribution is 6.25. The van der Waals surface area contributed by atoms with Crippen molar-refractivity contribution in [2.75, 3.05) is 28.4 Å². The Morgan fingerprint density at radius 3 is 0.987 bits per heavy atom. The molecule has 0 fully saturated rings. The van der Waals surface area contributed by atoms with Crippen molar-refractivity contribution in [3.05, 3.63) is 216 Å². The van der Waals surface area contributed by atoms with Crippen LogP contribution in [0.25, 0.3) is 132 Å². The molecule has 0 N–H and O–H groups in total. The van der Waals surface area contributed by atoms with Crippen LogP contribution in [0.3, 0.4) is 0 Å². The number of fused-ring (bicyclic) bond motifs is 16. The van der Waals surface area contributed by atoms with E-state index in [4.69, 9.17) is 23.4 Å². The number of rotatable bonds is 8. The van der Waals surface area contributed by atoms with E-state index in [1.165, 1.54) is 115 Å². The fraction of sp³-hybridized carbons (Fsp3) is 0.135. The summed E-state index contributed by atoms with van der Waals surface area (Å²) >= 11 is 0. The molecule has 0 atom stereocenters. The van der Waals surface area contributed by atoms with Gasteiger partial charge in [0.2, 0.25) is 0 Å². The Hall–Kier alpha value is -9.32. The zero-order chi connectivity index (χ0) is 53.6. The van der Waals surface area contributed by atoms with Crippen molar-refractivity contribution < 1.29 is 23.4 Å². The van der Waals surface area contributed by atoms with Gasteiger partial charge in [-0.25, -0.2) is 0 Å². The van der Waals surface area contributed by atoms with Crippen molar-refractivity contribution in [2.24, 2.45) is 0 Å². The topological polar surface area (TPSA) is 50.1 Å². The molecule has 382 valence electrons. The molecule has 5 heteroatoms. The van der Waals surface area contributed by atoms with E-state index < -0.39 is 10.8 Å². The monoisotopic (exact) mass is 1020 g/mol. The van der Waals surface area contributed by atoms with E-state index in [0.717, 1.165) is 61.8 Å². The zero-order valence-corrected chi connectivity index (χ0v) is 45.5. The molecule has 0 bridgehead atoms. The summed E-state index contributed by atoms with van der Waals surface area (Å²) in [4.78, 5) is 0. The van der Waals surface area contributed by atoms with E-state index in [9.17, 15) is 0 Å². The van der Waals surface area contributed by atoms with Gasteiger partial charge in [-0.1, -0.05) is 167 Å². The fourth-order valence-corrected chi connectivity index (χ4v) is 14.3. The van der Waals surface area contributed by atoms with Gasteiger partial charge in [0.15, 0.2) is 0 Å². The molecule has 0 saturated carbocycles. The second-order valence-corrected chi connectivity index (χ2v) is 22.5. The van der Waals surface area contributed by atoms with Gasteiger partial charge < -0.3 is 23.4 Å². The molecule has 5 nitrogen and oxygen atoms in total. The molecule has 13 aromatic rings. The molecule has 0 spiro atoms. The number of para-hydroxylation sites is 1. The number of benzene rings is 12. The minimum Gasteiger partial charge on any atom is -0.497 e. The molecule has 1 aromatic heterocycles. The molecule has 0 amide bonds. The smallest absolute Gasteiger partial charge is 0.144 e. The van der Waals surface area contributed by atoms with Gasteiger partial charge in [-0.2, -0.15) is 0 Å². The number of hydrogen-bond acceptors (Lipinski definition) is 5. The minimum atomic E-state index is -0.409. The molecule has 0 unspecified atom stereocenters. The molecule has 1 heterocycles. The Labute approximate surface area is 459 Å². The van der Waals surface area contributed by atoms with Gasteiger partial charge >= 0.3 is 0 Å². The largest absolute Gasteiger partial charge is 0.497 e. The average molecular weight is 1030 g/mol. The first-order valence-electron chi connectivity index (χ1n) is 27.2. The average Bonchev–Trinajstić information content (AvgIpc) is 2.47. The van der Waals surface area contributed by atoms with Crippen LogP contribution in [-0.4, -0.2) is 28.4 Å². The van der Waals surface area contributed by atoms with Crippen LogP contribution in [0.1, 0.15) is 49.9 Å². The highest BCUT2D eigenvalue weighted by Crippen LogP contribution is 2.64.